The summed E-state index contributed by atoms with van der Waals surface area (Å²) in [4.78, 5) is 15.9. The highest BCUT2D eigenvalue weighted by molar-refractivity contribution is 5.86. The van der Waals surface area contributed by atoms with Crippen LogP contribution in [0.4, 0.5) is 0 Å². The Labute approximate surface area is 210 Å². The molecule has 0 atom stereocenters. The largest absolute Gasteiger partial charge is 0.482 e. The van der Waals surface area contributed by atoms with Gasteiger partial charge in [0.15, 0.2) is 12.4 Å². The van der Waals surface area contributed by atoms with Gasteiger partial charge in [-0.05, 0) is 41.8 Å². The summed E-state index contributed by atoms with van der Waals surface area (Å²) in [5.41, 5.74) is 6.43. The summed E-state index contributed by atoms with van der Waals surface area (Å²) in [5, 5.41) is 8.97. The molecule has 0 saturated heterocycles. The molecule has 0 aliphatic rings. The summed E-state index contributed by atoms with van der Waals surface area (Å²) in [6, 6.07) is 33.4. The van der Waals surface area contributed by atoms with Crippen LogP contribution < -0.4 is 4.74 Å². The van der Waals surface area contributed by atoms with Gasteiger partial charge in [0.25, 0.3) is 0 Å². The minimum absolute atomic E-state index is 0. The van der Waals surface area contributed by atoms with Crippen LogP contribution in [0.15, 0.2) is 108 Å². The van der Waals surface area contributed by atoms with Crippen LogP contribution in [-0.2, 0) is 4.79 Å². The molecule has 0 unspecified atom stereocenters. The molecule has 1 N–H and O–H groups in total. The lowest BCUT2D eigenvalue weighted by atomic mass is 9.95. The van der Waals surface area contributed by atoms with Gasteiger partial charge in [0.2, 0.25) is 5.89 Å². The molecule has 0 aliphatic heterocycles. The molecule has 1 aromatic heterocycles. The number of carbonyl (C=O) groups is 1. The summed E-state index contributed by atoms with van der Waals surface area (Å²) in [5.74, 6) is 0.686. The van der Waals surface area contributed by atoms with Gasteiger partial charge < -0.3 is 14.3 Å². The number of aryl methyl sites for hydroxylation is 1. The fraction of sp³-hybridized carbons (Fsp3) is 0.0968. The molecule has 0 amide bonds. The van der Waals surface area contributed by atoms with Crippen molar-refractivity contribution < 1.29 is 19.1 Å². The van der Waals surface area contributed by atoms with Gasteiger partial charge in [0.1, 0.15) is 11.4 Å². The van der Waals surface area contributed by atoms with Crippen LogP contribution in [0.2, 0.25) is 0 Å². The number of oxazole rings is 1. The topological polar surface area (TPSA) is 72.6 Å². The fourth-order valence-electron chi connectivity index (χ4n) is 4.13. The molecule has 5 nitrogen and oxygen atoms in total. The summed E-state index contributed by atoms with van der Waals surface area (Å²) in [6.45, 7) is 1.63. The second kappa shape index (κ2) is 10.7. The Kier molecular flexibility index (Phi) is 7.31. The number of ether oxygens (including phenoxy) is 1. The maximum Gasteiger partial charge on any atom is 0.341 e. The average molecular weight is 478 g/mol. The van der Waals surface area contributed by atoms with E-state index in [-0.39, 0.29) is 7.43 Å². The van der Waals surface area contributed by atoms with E-state index in [1.54, 1.807) is 6.07 Å². The average Bonchev–Trinajstić information content (AvgIpc) is 3.34. The van der Waals surface area contributed by atoms with Crippen LogP contribution in [0.25, 0.3) is 45.2 Å². The smallest absolute Gasteiger partial charge is 0.341 e. The van der Waals surface area contributed by atoms with Crippen molar-refractivity contribution in [2.75, 3.05) is 6.61 Å². The number of hydrogen-bond donors (Lipinski definition) is 1. The first-order chi connectivity index (χ1) is 17.1. The second-order valence-corrected chi connectivity index (χ2v) is 8.14. The quantitative estimate of drug-likeness (QED) is 0.259. The normalized spacial score (nSPS) is 10.5. The predicted molar refractivity (Wildman–Crippen MR) is 143 cm³/mol. The number of carboxylic acids is 1. The predicted octanol–water partition coefficient (Wildman–Crippen LogP) is 7.75. The lowest BCUT2D eigenvalue weighted by Gasteiger charge is -2.12. The molecule has 180 valence electrons. The molecule has 5 aromatic rings. The number of aromatic nitrogens is 1. The first kappa shape index (κ1) is 24.5. The third kappa shape index (κ3) is 5.05. The molecule has 4 aromatic carbocycles. The van der Waals surface area contributed by atoms with Crippen LogP contribution in [0.1, 0.15) is 13.0 Å². The molecule has 0 aliphatic carbocycles. The molecule has 5 rings (SSSR count). The summed E-state index contributed by atoms with van der Waals surface area (Å²) in [6.07, 6.45) is 0. The molecule has 5 heteroatoms. The van der Waals surface area contributed by atoms with Gasteiger partial charge in [-0.25, -0.2) is 9.78 Å². The van der Waals surface area contributed by atoms with Crippen LogP contribution in [0, 0.1) is 6.92 Å². The minimum Gasteiger partial charge on any atom is -0.482 e. The lowest BCUT2D eigenvalue weighted by Crippen LogP contribution is -2.09. The molecule has 0 saturated carbocycles. The molecule has 36 heavy (non-hydrogen) atoms. The highest BCUT2D eigenvalue weighted by Gasteiger charge is 2.21. The van der Waals surface area contributed by atoms with Crippen molar-refractivity contribution in [3.8, 4) is 50.9 Å². The van der Waals surface area contributed by atoms with Gasteiger partial charge in [-0.3, -0.25) is 0 Å². The maximum absolute atomic E-state index is 10.9. The highest BCUT2D eigenvalue weighted by atomic mass is 16.5. The van der Waals surface area contributed by atoms with E-state index in [9.17, 15) is 4.79 Å². The first-order valence-electron chi connectivity index (χ1n) is 11.3. The van der Waals surface area contributed by atoms with E-state index >= 15 is 0 Å². The third-order valence-corrected chi connectivity index (χ3v) is 5.70. The van der Waals surface area contributed by atoms with Gasteiger partial charge in [0.05, 0.1) is 0 Å². The molecular weight excluding hydrogens is 450 g/mol. The third-order valence-electron chi connectivity index (χ3n) is 5.70. The van der Waals surface area contributed by atoms with Crippen LogP contribution in [0.3, 0.4) is 0 Å². The van der Waals surface area contributed by atoms with E-state index in [2.05, 4.69) is 0 Å². The highest BCUT2D eigenvalue weighted by Crippen LogP contribution is 2.40. The monoisotopic (exact) mass is 477 g/mol. The first-order valence-corrected chi connectivity index (χ1v) is 11.3. The van der Waals surface area contributed by atoms with Gasteiger partial charge in [0, 0.05) is 16.7 Å². The van der Waals surface area contributed by atoms with Gasteiger partial charge in [-0.15, -0.1) is 0 Å². The number of hydrogen-bond acceptors (Lipinski definition) is 4. The van der Waals surface area contributed by atoms with Gasteiger partial charge in [-0.1, -0.05) is 92.4 Å². The van der Waals surface area contributed by atoms with Gasteiger partial charge >= 0.3 is 5.97 Å². The van der Waals surface area contributed by atoms with Crippen LogP contribution >= 0.6 is 0 Å². The van der Waals surface area contributed by atoms with Crippen molar-refractivity contribution in [3.63, 3.8) is 0 Å². The van der Waals surface area contributed by atoms with Crippen molar-refractivity contribution in [1.29, 1.82) is 0 Å². The number of aliphatic carboxylic acids is 1. The maximum atomic E-state index is 10.9. The van der Waals surface area contributed by atoms with Gasteiger partial charge in [-0.2, -0.15) is 0 Å². The Hall–Kier alpha value is -4.64. The Morgan fingerprint density at radius 2 is 1.47 bits per heavy atom. The molecule has 0 fully saturated rings. The van der Waals surface area contributed by atoms with Crippen LogP contribution in [-0.4, -0.2) is 22.7 Å². The van der Waals surface area contributed by atoms with E-state index in [0.29, 0.717) is 17.4 Å². The minimum atomic E-state index is -1.02. The Balaban J connectivity index is 0.00000304. The SMILES string of the molecule is C.Cc1cccc(-c2nc(-c3ccccc3)c(-c3ccccc3)o2)c1-c1cccc(OCC(=O)O)c1. The Morgan fingerprint density at radius 1 is 0.833 bits per heavy atom. The molecule has 0 radical (unpaired) electrons. The summed E-state index contributed by atoms with van der Waals surface area (Å²) >= 11 is 0. The van der Waals surface area contributed by atoms with E-state index in [1.807, 2.05) is 104 Å². The van der Waals surface area contributed by atoms with Crippen LogP contribution in [0.5, 0.6) is 5.75 Å². The Bertz CT molecular complexity index is 1420. The number of carboxylic acid groups (broad SMARTS) is 1. The standard InChI is InChI=1S/C30H23NO4.CH4/c1-20-10-8-17-25(27(20)23-15-9-16-24(18-23)34-19-26(32)33)30-31-28(21-11-4-2-5-12-21)29(35-30)22-13-6-3-7-14-22;/h2-18H,19H2,1H3,(H,32,33);1H4. The van der Waals surface area contributed by atoms with E-state index < -0.39 is 12.6 Å². The zero-order chi connectivity index (χ0) is 24.2. The molecule has 1 heterocycles. The lowest BCUT2D eigenvalue weighted by molar-refractivity contribution is -0.139. The summed E-state index contributed by atoms with van der Waals surface area (Å²) in [7, 11) is 0. The number of nitrogens with zero attached hydrogens (tertiary/aromatic N) is 1. The van der Waals surface area contributed by atoms with Crippen molar-refractivity contribution in [2.24, 2.45) is 0 Å². The van der Waals surface area contributed by atoms with Crippen molar-refractivity contribution in [2.45, 2.75) is 14.4 Å². The van der Waals surface area contributed by atoms with E-state index in [0.717, 1.165) is 39.1 Å². The summed E-state index contributed by atoms with van der Waals surface area (Å²) < 4.78 is 11.9. The zero-order valence-corrected chi connectivity index (χ0v) is 19.1. The van der Waals surface area contributed by atoms with Crippen molar-refractivity contribution in [3.05, 3.63) is 109 Å². The van der Waals surface area contributed by atoms with E-state index in [4.69, 9.17) is 19.2 Å². The number of benzene rings is 4. The molecular formula is C31H27NO4. The second-order valence-electron chi connectivity index (χ2n) is 8.14. The zero-order valence-electron chi connectivity index (χ0n) is 19.1. The Morgan fingerprint density at radius 3 is 2.17 bits per heavy atom. The number of rotatable bonds is 7. The van der Waals surface area contributed by atoms with Crippen molar-refractivity contribution in [1.82, 2.24) is 4.98 Å². The van der Waals surface area contributed by atoms with E-state index in [1.165, 1.54) is 0 Å². The van der Waals surface area contributed by atoms with Crippen molar-refractivity contribution >= 4 is 5.97 Å². The fourth-order valence-corrected chi connectivity index (χ4v) is 4.13. The molecule has 0 bridgehead atoms. The molecule has 0 spiro atoms.